The summed E-state index contributed by atoms with van der Waals surface area (Å²) in [5.74, 6) is 2.67. The van der Waals surface area contributed by atoms with Gasteiger partial charge in [0.05, 0.1) is 24.8 Å². The van der Waals surface area contributed by atoms with Gasteiger partial charge in [0.2, 0.25) is 0 Å². The molecule has 0 bridgehead atoms. The van der Waals surface area contributed by atoms with Crippen LogP contribution in [-0.4, -0.2) is 54.8 Å². The number of para-hydroxylation sites is 1. The second kappa shape index (κ2) is 15.8. The number of halogens is 3. The van der Waals surface area contributed by atoms with Crippen molar-refractivity contribution in [3.8, 4) is 11.5 Å². The van der Waals surface area contributed by atoms with E-state index >= 15 is 0 Å². The van der Waals surface area contributed by atoms with E-state index in [1.165, 1.54) is 0 Å². The maximum atomic E-state index is 6.45. The quantitative estimate of drug-likeness (QED) is 0.254. The van der Waals surface area contributed by atoms with E-state index in [4.69, 9.17) is 31.0 Å². The predicted octanol–water partition coefficient (Wildman–Crippen LogP) is 7.24. The molecular formula is C27H37Cl3N4O2. The predicted molar refractivity (Wildman–Crippen MR) is 158 cm³/mol. The van der Waals surface area contributed by atoms with Crippen LogP contribution in [0.4, 0.5) is 5.82 Å². The molecule has 6 nitrogen and oxygen atoms in total. The molecule has 1 aromatic heterocycles. The van der Waals surface area contributed by atoms with Crippen molar-refractivity contribution in [2.24, 2.45) is 0 Å². The van der Waals surface area contributed by atoms with Crippen LogP contribution in [0.1, 0.15) is 45.0 Å². The van der Waals surface area contributed by atoms with Gasteiger partial charge in [-0.2, -0.15) is 0 Å². The number of nitrogens with zero attached hydrogens (tertiary/aromatic N) is 3. The van der Waals surface area contributed by atoms with Gasteiger partial charge in [-0.3, -0.25) is 0 Å². The molecule has 2 aromatic carbocycles. The van der Waals surface area contributed by atoms with Crippen LogP contribution in [-0.2, 0) is 0 Å². The molecule has 0 aliphatic heterocycles. The van der Waals surface area contributed by atoms with Gasteiger partial charge < -0.3 is 19.7 Å². The van der Waals surface area contributed by atoms with Crippen LogP contribution in [0.5, 0.6) is 11.5 Å². The van der Waals surface area contributed by atoms with Crippen molar-refractivity contribution in [2.45, 2.75) is 39.7 Å². The highest BCUT2D eigenvalue weighted by Gasteiger charge is 2.11. The maximum absolute atomic E-state index is 6.45. The van der Waals surface area contributed by atoms with E-state index in [9.17, 15) is 0 Å². The molecule has 0 radical (unpaired) electrons. The van der Waals surface area contributed by atoms with Crippen LogP contribution < -0.4 is 14.8 Å². The summed E-state index contributed by atoms with van der Waals surface area (Å²) >= 11 is 6.45. The van der Waals surface area contributed by atoms with Crippen LogP contribution in [0.3, 0.4) is 0 Å². The summed E-state index contributed by atoms with van der Waals surface area (Å²) in [7, 11) is 3.19. The molecule has 0 spiro atoms. The van der Waals surface area contributed by atoms with Crippen molar-refractivity contribution in [3.63, 3.8) is 0 Å². The van der Waals surface area contributed by atoms with E-state index in [1.807, 2.05) is 36.4 Å². The molecule has 0 aliphatic rings. The fourth-order valence-electron chi connectivity index (χ4n) is 3.91. The van der Waals surface area contributed by atoms with Crippen molar-refractivity contribution >= 4 is 65.3 Å². The zero-order chi connectivity index (χ0) is 24.5. The third-order valence-corrected chi connectivity index (χ3v) is 6.25. The van der Waals surface area contributed by atoms with Gasteiger partial charge in [-0.15, -0.1) is 24.8 Å². The Morgan fingerprint density at radius 3 is 2.33 bits per heavy atom. The smallest absolute Gasteiger partial charge is 0.162 e. The Kier molecular flexibility index (Phi) is 13.9. The lowest BCUT2D eigenvalue weighted by molar-refractivity contribution is 0.295. The number of ether oxygens (including phenoxy) is 2. The molecule has 0 saturated heterocycles. The molecule has 0 aliphatic carbocycles. The molecule has 36 heavy (non-hydrogen) atoms. The number of fused-ring (bicyclic) bond motifs is 1. The monoisotopic (exact) mass is 554 g/mol. The number of nitrogens with one attached hydrogen (secondary N) is 1. The Bertz CT molecular complexity index is 1120. The van der Waals surface area contributed by atoms with E-state index in [1.54, 1.807) is 20.3 Å². The van der Waals surface area contributed by atoms with E-state index in [0.29, 0.717) is 28.4 Å². The summed E-state index contributed by atoms with van der Waals surface area (Å²) in [6.45, 7) is 9.93. The fourth-order valence-corrected chi connectivity index (χ4v) is 4.12. The first-order valence-electron chi connectivity index (χ1n) is 11.8. The highest BCUT2D eigenvalue weighted by molar-refractivity contribution is 6.32. The summed E-state index contributed by atoms with van der Waals surface area (Å²) in [5, 5.41) is 5.19. The largest absolute Gasteiger partial charge is 0.493 e. The highest BCUT2D eigenvalue weighted by atomic mass is 35.5. The van der Waals surface area contributed by atoms with Gasteiger partial charge in [0.15, 0.2) is 17.3 Å². The fraction of sp³-hybridized carbons (Fsp3) is 0.407. The van der Waals surface area contributed by atoms with Crippen molar-refractivity contribution in [2.75, 3.05) is 39.2 Å². The van der Waals surface area contributed by atoms with Crippen molar-refractivity contribution in [1.29, 1.82) is 0 Å². The Labute approximate surface area is 232 Å². The van der Waals surface area contributed by atoms with E-state index < -0.39 is 0 Å². The van der Waals surface area contributed by atoms with Gasteiger partial charge in [0, 0.05) is 17.5 Å². The van der Waals surface area contributed by atoms with Crippen LogP contribution >= 0.6 is 36.4 Å². The molecule has 1 unspecified atom stereocenters. The maximum Gasteiger partial charge on any atom is 0.162 e. The van der Waals surface area contributed by atoms with Gasteiger partial charge in [-0.1, -0.05) is 37.6 Å². The summed E-state index contributed by atoms with van der Waals surface area (Å²) in [5.41, 5.74) is 1.70. The topological polar surface area (TPSA) is 59.5 Å². The summed E-state index contributed by atoms with van der Waals surface area (Å²) < 4.78 is 10.7. The molecule has 198 valence electrons. The zero-order valence-corrected chi connectivity index (χ0v) is 24.0. The van der Waals surface area contributed by atoms with Gasteiger partial charge in [-0.05, 0) is 75.3 Å². The van der Waals surface area contributed by atoms with Crippen molar-refractivity contribution in [3.05, 3.63) is 52.8 Å². The first-order chi connectivity index (χ1) is 16.5. The average Bonchev–Trinajstić information content (AvgIpc) is 2.85. The molecule has 3 aromatic rings. The highest BCUT2D eigenvalue weighted by Crippen LogP contribution is 2.34. The van der Waals surface area contributed by atoms with Crippen molar-refractivity contribution < 1.29 is 9.47 Å². The van der Waals surface area contributed by atoms with E-state index in [-0.39, 0.29) is 24.8 Å². The molecule has 1 N–H and O–H groups in total. The number of hydrogen-bond donors (Lipinski definition) is 1. The lowest BCUT2D eigenvalue weighted by Gasteiger charge is -2.20. The first-order valence-corrected chi connectivity index (χ1v) is 12.2. The Morgan fingerprint density at radius 1 is 1.00 bits per heavy atom. The molecular weight excluding hydrogens is 519 g/mol. The van der Waals surface area contributed by atoms with E-state index in [2.05, 4.69) is 37.1 Å². The Morgan fingerprint density at radius 2 is 1.67 bits per heavy atom. The summed E-state index contributed by atoms with van der Waals surface area (Å²) in [6, 6.07) is 12.0. The molecule has 1 heterocycles. The minimum Gasteiger partial charge on any atom is -0.493 e. The normalized spacial score (nSPS) is 11.8. The Hall–Kier alpha value is -2.25. The van der Waals surface area contributed by atoms with E-state index in [0.717, 1.165) is 54.8 Å². The standard InChI is InChI=1S/C27H35ClN4O2.2ClH/c1-6-32(7-2)16-10-11-19(3)29-27-21-12-8-9-13-23(21)30-26(31-27)15-14-20-17-24(33-4)25(34-5)18-22(20)28;;/h8-9,12-15,17-19H,6-7,10-11,16H2,1-5H3,(H,29,30,31);2*1H. The zero-order valence-electron chi connectivity index (χ0n) is 21.6. The van der Waals surface area contributed by atoms with Crippen LogP contribution in [0.15, 0.2) is 36.4 Å². The molecule has 0 amide bonds. The summed E-state index contributed by atoms with van der Waals surface area (Å²) in [4.78, 5) is 12.0. The lowest BCUT2D eigenvalue weighted by atomic mass is 10.1. The second-order valence-electron chi connectivity index (χ2n) is 8.22. The number of aromatic nitrogens is 2. The number of methoxy groups -OCH3 is 2. The molecule has 0 fully saturated rings. The lowest BCUT2D eigenvalue weighted by Crippen LogP contribution is -2.25. The van der Waals surface area contributed by atoms with Gasteiger partial charge in [0.25, 0.3) is 0 Å². The number of anilines is 1. The van der Waals surface area contributed by atoms with Gasteiger partial charge in [0.1, 0.15) is 5.82 Å². The number of rotatable bonds is 12. The van der Waals surface area contributed by atoms with Crippen molar-refractivity contribution in [1.82, 2.24) is 14.9 Å². The third kappa shape index (κ3) is 8.41. The van der Waals surface area contributed by atoms with Crippen LogP contribution in [0, 0.1) is 0 Å². The molecule has 1 atom stereocenters. The SMILES string of the molecule is CCN(CC)CCCC(C)Nc1nc(C=Cc2cc(OC)c(OC)cc2Cl)nc2ccccc12.Cl.Cl. The minimum absolute atomic E-state index is 0. The minimum atomic E-state index is 0. The molecule has 3 rings (SSSR count). The molecule has 0 saturated carbocycles. The molecule has 9 heteroatoms. The number of benzene rings is 2. The van der Waals surface area contributed by atoms with Gasteiger partial charge in [-0.25, -0.2) is 9.97 Å². The Balaban J connectivity index is 0.00000324. The average molecular weight is 556 g/mol. The third-order valence-electron chi connectivity index (χ3n) is 5.92. The number of hydrogen-bond acceptors (Lipinski definition) is 6. The second-order valence-corrected chi connectivity index (χ2v) is 8.63. The van der Waals surface area contributed by atoms with Crippen LogP contribution in [0.2, 0.25) is 5.02 Å². The van der Waals surface area contributed by atoms with Crippen LogP contribution in [0.25, 0.3) is 23.1 Å². The summed E-state index contributed by atoms with van der Waals surface area (Å²) in [6.07, 6.45) is 5.98. The van der Waals surface area contributed by atoms with Gasteiger partial charge >= 0.3 is 0 Å². The first kappa shape index (κ1) is 31.8.